The predicted molar refractivity (Wildman–Crippen MR) is 84.4 cm³/mol. The van der Waals surface area contributed by atoms with Crippen LogP contribution in [0, 0.1) is 5.92 Å². The normalized spacial score (nSPS) is 26.9. The number of para-hydroxylation sites is 1. The summed E-state index contributed by atoms with van der Waals surface area (Å²) in [5.74, 6) is 0.369. The van der Waals surface area contributed by atoms with Crippen LogP contribution in [-0.2, 0) is 6.54 Å². The molecule has 108 valence electrons. The second kappa shape index (κ2) is 4.85. The van der Waals surface area contributed by atoms with Crippen molar-refractivity contribution in [1.29, 1.82) is 0 Å². The van der Waals surface area contributed by atoms with E-state index >= 15 is 0 Å². The quantitative estimate of drug-likeness (QED) is 0.811. The number of nitrogens with zero attached hydrogens (tertiary/aromatic N) is 1. The first-order valence-corrected chi connectivity index (χ1v) is 7.83. The molecule has 3 nitrogen and oxygen atoms in total. The highest BCUT2D eigenvalue weighted by atomic mass is 16.1. The lowest BCUT2D eigenvalue weighted by Crippen LogP contribution is -2.40. The Bertz CT molecular complexity index is 741. The van der Waals surface area contributed by atoms with Crippen molar-refractivity contribution in [2.45, 2.75) is 26.3 Å². The van der Waals surface area contributed by atoms with Crippen LogP contribution >= 0.6 is 0 Å². The SMILES string of the molecule is CC/C=C1/CN2CCC1C(=O)c1[nH]c3ccccc3c1C2. The monoisotopic (exact) mass is 280 g/mol. The molecule has 21 heavy (non-hydrogen) atoms. The summed E-state index contributed by atoms with van der Waals surface area (Å²) in [6, 6.07) is 8.26. The van der Waals surface area contributed by atoms with Gasteiger partial charge in [-0.3, -0.25) is 9.69 Å². The number of nitrogens with one attached hydrogen (secondary N) is 1. The van der Waals surface area contributed by atoms with Gasteiger partial charge in [-0.25, -0.2) is 0 Å². The van der Waals surface area contributed by atoms with Crippen molar-refractivity contribution < 1.29 is 4.79 Å². The summed E-state index contributed by atoms with van der Waals surface area (Å²) >= 11 is 0. The van der Waals surface area contributed by atoms with Crippen LogP contribution in [0.5, 0.6) is 0 Å². The standard InChI is InChI=1S/C18H20N2O/c1-2-5-12-10-20-9-8-13(12)18(21)17-15(11-20)14-6-3-4-7-16(14)19-17/h3-7,13,19H,2,8-11H2,1H3/b12-5-. The van der Waals surface area contributed by atoms with Gasteiger partial charge in [0.05, 0.1) is 5.69 Å². The average molecular weight is 280 g/mol. The second-order valence-corrected chi connectivity index (χ2v) is 6.13. The van der Waals surface area contributed by atoms with Crippen molar-refractivity contribution in [3.63, 3.8) is 0 Å². The maximum absolute atomic E-state index is 13.0. The summed E-state index contributed by atoms with van der Waals surface area (Å²) in [4.78, 5) is 18.9. The lowest BCUT2D eigenvalue weighted by Gasteiger charge is -2.36. The zero-order chi connectivity index (χ0) is 14.4. The van der Waals surface area contributed by atoms with Gasteiger partial charge >= 0.3 is 0 Å². The van der Waals surface area contributed by atoms with E-state index in [1.807, 2.05) is 6.07 Å². The van der Waals surface area contributed by atoms with Crippen LogP contribution in [0.1, 0.15) is 35.8 Å². The second-order valence-electron chi connectivity index (χ2n) is 6.13. The molecule has 3 aliphatic heterocycles. The number of benzene rings is 1. The molecular formula is C18H20N2O. The van der Waals surface area contributed by atoms with Crippen LogP contribution in [0.25, 0.3) is 10.9 Å². The Morgan fingerprint density at radius 3 is 3.05 bits per heavy atom. The van der Waals surface area contributed by atoms with E-state index in [-0.39, 0.29) is 5.92 Å². The summed E-state index contributed by atoms with van der Waals surface area (Å²) < 4.78 is 0. The first kappa shape index (κ1) is 12.8. The topological polar surface area (TPSA) is 36.1 Å². The zero-order valence-corrected chi connectivity index (χ0v) is 12.4. The molecule has 1 fully saturated rings. The van der Waals surface area contributed by atoms with Crippen LogP contribution in [0.4, 0.5) is 0 Å². The molecule has 0 saturated carbocycles. The molecule has 0 amide bonds. The van der Waals surface area contributed by atoms with Crippen LogP contribution in [0.15, 0.2) is 35.9 Å². The highest BCUT2D eigenvalue weighted by molar-refractivity contribution is 6.05. The molecule has 3 aliphatic rings. The fourth-order valence-corrected chi connectivity index (χ4v) is 3.82. The number of aromatic amines is 1. The molecule has 2 aromatic rings. The third-order valence-corrected chi connectivity index (χ3v) is 4.81. The highest BCUT2D eigenvalue weighted by Gasteiger charge is 2.35. The molecule has 3 heteroatoms. The molecule has 1 aromatic heterocycles. The molecule has 2 bridgehead atoms. The van der Waals surface area contributed by atoms with Crippen molar-refractivity contribution >= 4 is 16.7 Å². The maximum Gasteiger partial charge on any atom is 0.186 e. The minimum absolute atomic E-state index is 0.0771. The van der Waals surface area contributed by atoms with E-state index in [1.54, 1.807) is 0 Å². The van der Waals surface area contributed by atoms with E-state index in [1.165, 1.54) is 16.5 Å². The number of aromatic nitrogens is 1. The van der Waals surface area contributed by atoms with Gasteiger partial charge in [-0.15, -0.1) is 0 Å². The number of hydrogen-bond donors (Lipinski definition) is 1. The Labute approximate surface area is 124 Å². The fraction of sp³-hybridized carbons (Fsp3) is 0.389. The number of Topliss-reactive ketones (excluding diaryl/α,β-unsaturated/α-hetero) is 1. The van der Waals surface area contributed by atoms with Gasteiger partial charge in [-0.1, -0.05) is 31.2 Å². The Hall–Kier alpha value is -1.87. The third-order valence-electron chi connectivity index (χ3n) is 4.81. The first-order valence-electron chi connectivity index (χ1n) is 7.83. The van der Waals surface area contributed by atoms with E-state index in [2.05, 4.69) is 41.1 Å². The molecule has 0 spiro atoms. The van der Waals surface area contributed by atoms with Crippen molar-refractivity contribution in [3.05, 3.63) is 47.2 Å². The van der Waals surface area contributed by atoms with Crippen molar-refractivity contribution in [3.8, 4) is 0 Å². The zero-order valence-electron chi connectivity index (χ0n) is 12.4. The molecule has 2 unspecified atom stereocenters. The van der Waals surface area contributed by atoms with Crippen LogP contribution < -0.4 is 0 Å². The number of H-pyrrole nitrogens is 1. The molecule has 1 saturated heterocycles. The van der Waals surface area contributed by atoms with Crippen LogP contribution in [-0.4, -0.2) is 28.8 Å². The Balaban J connectivity index is 1.90. The largest absolute Gasteiger partial charge is 0.352 e. The number of allylic oxidation sites excluding steroid dienone is 1. The molecule has 5 rings (SSSR count). The van der Waals surface area contributed by atoms with E-state index in [9.17, 15) is 4.79 Å². The molecule has 2 atom stereocenters. The summed E-state index contributed by atoms with van der Waals surface area (Å²) in [7, 11) is 0. The summed E-state index contributed by atoms with van der Waals surface area (Å²) in [6.07, 6.45) is 4.22. The molecule has 0 aliphatic carbocycles. The lowest BCUT2D eigenvalue weighted by molar-refractivity contribution is 0.0874. The number of ketones is 1. The van der Waals surface area contributed by atoms with Gasteiger partial charge in [0.2, 0.25) is 0 Å². The van der Waals surface area contributed by atoms with Crippen molar-refractivity contribution in [2.75, 3.05) is 13.1 Å². The van der Waals surface area contributed by atoms with E-state index in [4.69, 9.17) is 0 Å². The van der Waals surface area contributed by atoms with Crippen molar-refractivity contribution in [2.24, 2.45) is 5.92 Å². The molecule has 4 heterocycles. The molecule has 0 radical (unpaired) electrons. The lowest BCUT2D eigenvalue weighted by atomic mass is 9.82. The number of fused-ring (bicyclic) bond motifs is 3. The Kier molecular flexibility index (Phi) is 2.96. The van der Waals surface area contributed by atoms with Gasteiger partial charge < -0.3 is 4.98 Å². The molecule has 1 aromatic carbocycles. The number of rotatable bonds is 1. The van der Waals surface area contributed by atoms with Crippen LogP contribution in [0.3, 0.4) is 0 Å². The van der Waals surface area contributed by atoms with Crippen LogP contribution in [0.2, 0.25) is 0 Å². The highest BCUT2D eigenvalue weighted by Crippen LogP contribution is 2.35. The first-order chi connectivity index (χ1) is 10.3. The Morgan fingerprint density at radius 1 is 1.33 bits per heavy atom. The summed E-state index contributed by atoms with van der Waals surface area (Å²) in [6.45, 7) is 4.99. The Morgan fingerprint density at radius 2 is 2.19 bits per heavy atom. The van der Waals surface area contributed by atoms with E-state index in [0.29, 0.717) is 5.78 Å². The van der Waals surface area contributed by atoms with Gasteiger partial charge in [0.25, 0.3) is 0 Å². The van der Waals surface area contributed by atoms with Crippen molar-refractivity contribution in [1.82, 2.24) is 9.88 Å². The van der Waals surface area contributed by atoms with Gasteiger partial charge in [0.1, 0.15) is 0 Å². The fourth-order valence-electron chi connectivity index (χ4n) is 3.82. The van der Waals surface area contributed by atoms with E-state index < -0.39 is 0 Å². The number of hydrogen-bond acceptors (Lipinski definition) is 2. The summed E-state index contributed by atoms with van der Waals surface area (Å²) in [5.41, 5.74) is 4.43. The molecule has 1 N–H and O–H groups in total. The van der Waals surface area contributed by atoms with Gasteiger partial charge in [0, 0.05) is 35.5 Å². The number of carbonyl (C=O) groups is 1. The average Bonchev–Trinajstić information content (AvgIpc) is 2.84. The number of piperidine rings is 1. The maximum atomic E-state index is 13.0. The van der Waals surface area contributed by atoms with E-state index in [0.717, 1.165) is 43.7 Å². The number of carbonyl (C=O) groups excluding carboxylic acids is 1. The minimum atomic E-state index is 0.0771. The minimum Gasteiger partial charge on any atom is -0.352 e. The smallest absolute Gasteiger partial charge is 0.186 e. The van der Waals surface area contributed by atoms with Gasteiger partial charge in [-0.05, 0) is 31.0 Å². The summed E-state index contributed by atoms with van der Waals surface area (Å²) in [5, 5.41) is 1.20. The van der Waals surface area contributed by atoms with Gasteiger partial charge in [0.15, 0.2) is 5.78 Å². The predicted octanol–water partition coefficient (Wildman–Crippen LogP) is 3.52. The van der Waals surface area contributed by atoms with Gasteiger partial charge in [-0.2, -0.15) is 0 Å². The molecular weight excluding hydrogens is 260 g/mol. The third kappa shape index (κ3) is 1.95.